The van der Waals surface area contributed by atoms with Crippen LogP contribution in [0.1, 0.15) is 29.8 Å². The summed E-state index contributed by atoms with van der Waals surface area (Å²) in [5.74, 6) is 0.565. The molecule has 82 valence electrons. The van der Waals surface area contributed by atoms with E-state index in [2.05, 4.69) is 10.3 Å². The molecule has 0 amide bonds. The maximum Gasteiger partial charge on any atom is 0.185 e. The molecule has 0 aromatic carbocycles. The summed E-state index contributed by atoms with van der Waals surface area (Å²) in [7, 11) is 1.74. The van der Waals surface area contributed by atoms with Gasteiger partial charge in [-0.3, -0.25) is 4.79 Å². The summed E-state index contributed by atoms with van der Waals surface area (Å²) in [4.78, 5) is 12.1. The van der Waals surface area contributed by atoms with Crippen molar-refractivity contribution in [3.8, 4) is 0 Å². The van der Waals surface area contributed by atoms with Crippen molar-refractivity contribution in [3.05, 3.63) is 11.9 Å². The monoisotopic (exact) mass is 208 g/mol. The molecule has 1 heterocycles. The second-order valence-electron chi connectivity index (χ2n) is 4.14. The smallest absolute Gasteiger partial charge is 0.185 e. The second kappa shape index (κ2) is 4.10. The number of carbonyl (C=O) groups is 1. The van der Waals surface area contributed by atoms with Crippen LogP contribution in [0.2, 0.25) is 0 Å². The number of nitrogens with two attached hydrogens (primary N) is 1. The maximum atomic E-state index is 12.1. The van der Waals surface area contributed by atoms with Crippen LogP contribution in [0.3, 0.4) is 0 Å². The number of carbonyl (C=O) groups excluding carboxylic acids is 1. The first-order valence-electron chi connectivity index (χ1n) is 5.33. The van der Waals surface area contributed by atoms with E-state index in [4.69, 9.17) is 5.73 Å². The van der Waals surface area contributed by atoms with Crippen LogP contribution in [0.15, 0.2) is 6.20 Å². The predicted octanol–water partition coefficient (Wildman–Crippen LogP) is 0.373. The number of hydrogen-bond acceptors (Lipinski definition) is 4. The third kappa shape index (κ3) is 1.79. The highest BCUT2D eigenvalue weighted by atomic mass is 16.1. The van der Waals surface area contributed by atoms with Gasteiger partial charge in [-0.15, -0.1) is 5.10 Å². The van der Waals surface area contributed by atoms with Crippen molar-refractivity contribution in [1.82, 2.24) is 15.0 Å². The topological polar surface area (TPSA) is 73.8 Å². The molecule has 5 nitrogen and oxygen atoms in total. The van der Waals surface area contributed by atoms with Crippen molar-refractivity contribution >= 4 is 5.78 Å². The zero-order valence-corrected chi connectivity index (χ0v) is 8.89. The van der Waals surface area contributed by atoms with Gasteiger partial charge < -0.3 is 5.73 Å². The molecule has 0 unspecified atom stereocenters. The minimum Gasteiger partial charge on any atom is -0.330 e. The van der Waals surface area contributed by atoms with E-state index < -0.39 is 0 Å². The first kappa shape index (κ1) is 10.3. The Morgan fingerprint density at radius 3 is 3.07 bits per heavy atom. The summed E-state index contributed by atoms with van der Waals surface area (Å²) in [6, 6.07) is 0. The molecule has 1 aliphatic rings. The van der Waals surface area contributed by atoms with E-state index in [-0.39, 0.29) is 11.7 Å². The molecule has 1 aromatic heterocycles. The lowest BCUT2D eigenvalue weighted by atomic mass is 9.90. The normalized spacial score (nSPS) is 25.7. The Labute approximate surface area is 88.6 Å². The molecule has 0 spiro atoms. The van der Waals surface area contributed by atoms with Crippen molar-refractivity contribution < 1.29 is 4.79 Å². The minimum atomic E-state index is 0.0761. The Hall–Kier alpha value is -1.23. The first-order valence-corrected chi connectivity index (χ1v) is 5.33. The van der Waals surface area contributed by atoms with E-state index in [1.165, 1.54) is 10.9 Å². The highest BCUT2D eigenvalue weighted by molar-refractivity contribution is 5.96. The number of hydrogen-bond donors (Lipinski definition) is 1. The SMILES string of the molecule is Cn1nncc1C(=O)[C@@H]1CCC[C@@H]1CN. The molecule has 2 N–H and O–H groups in total. The third-order valence-electron chi connectivity index (χ3n) is 3.27. The van der Waals surface area contributed by atoms with E-state index in [1.54, 1.807) is 7.05 Å². The molecule has 15 heavy (non-hydrogen) atoms. The van der Waals surface area contributed by atoms with Gasteiger partial charge in [0.2, 0.25) is 0 Å². The van der Waals surface area contributed by atoms with Gasteiger partial charge in [-0.25, -0.2) is 4.68 Å². The molecule has 1 aliphatic carbocycles. The van der Waals surface area contributed by atoms with Gasteiger partial charge in [-0.1, -0.05) is 11.6 Å². The van der Waals surface area contributed by atoms with Gasteiger partial charge in [-0.2, -0.15) is 0 Å². The zero-order chi connectivity index (χ0) is 10.8. The molecule has 2 rings (SSSR count). The van der Waals surface area contributed by atoms with Gasteiger partial charge in [0, 0.05) is 13.0 Å². The zero-order valence-electron chi connectivity index (χ0n) is 8.89. The van der Waals surface area contributed by atoms with E-state index in [0.29, 0.717) is 18.2 Å². The van der Waals surface area contributed by atoms with Crippen LogP contribution in [-0.2, 0) is 7.05 Å². The maximum absolute atomic E-state index is 12.1. The van der Waals surface area contributed by atoms with Crippen LogP contribution < -0.4 is 5.73 Å². The van der Waals surface area contributed by atoms with Gasteiger partial charge in [-0.05, 0) is 25.3 Å². The van der Waals surface area contributed by atoms with E-state index in [9.17, 15) is 4.79 Å². The highest BCUT2D eigenvalue weighted by Crippen LogP contribution is 2.33. The molecular formula is C10H16N4O. The number of rotatable bonds is 3. The summed E-state index contributed by atoms with van der Waals surface area (Å²) < 4.78 is 1.54. The van der Waals surface area contributed by atoms with Crippen molar-refractivity contribution in [2.24, 2.45) is 24.6 Å². The predicted molar refractivity (Wildman–Crippen MR) is 55.2 cm³/mol. The molecule has 5 heteroatoms. The number of aromatic nitrogens is 3. The summed E-state index contributed by atoms with van der Waals surface area (Å²) in [5.41, 5.74) is 6.26. The Kier molecular flexibility index (Phi) is 2.81. The fourth-order valence-electron chi connectivity index (χ4n) is 2.37. The Morgan fingerprint density at radius 2 is 2.47 bits per heavy atom. The van der Waals surface area contributed by atoms with Crippen LogP contribution in [0, 0.1) is 11.8 Å². The van der Waals surface area contributed by atoms with Gasteiger partial charge in [0.15, 0.2) is 5.78 Å². The molecule has 1 saturated carbocycles. The second-order valence-corrected chi connectivity index (χ2v) is 4.14. The molecule has 0 aliphatic heterocycles. The van der Waals surface area contributed by atoms with Crippen molar-refractivity contribution in [1.29, 1.82) is 0 Å². The van der Waals surface area contributed by atoms with Crippen LogP contribution in [-0.4, -0.2) is 27.3 Å². The van der Waals surface area contributed by atoms with Gasteiger partial charge in [0.05, 0.1) is 6.20 Å². The van der Waals surface area contributed by atoms with Gasteiger partial charge >= 0.3 is 0 Å². The summed E-state index contributed by atoms with van der Waals surface area (Å²) in [6.45, 7) is 0.599. The minimum absolute atomic E-state index is 0.0761. The highest BCUT2D eigenvalue weighted by Gasteiger charge is 2.33. The van der Waals surface area contributed by atoms with Gasteiger partial charge in [0.1, 0.15) is 5.69 Å². The number of aryl methyl sites for hydroxylation is 1. The van der Waals surface area contributed by atoms with E-state index >= 15 is 0 Å². The van der Waals surface area contributed by atoms with Gasteiger partial charge in [0.25, 0.3) is 0 Å². The molecule has 0 bridgehead atoms. The Bertz CT molecular complexity index is 360. The first-order chi connectivity index (χ1) is 7.24. The molecule has 1 aromatic rings. The van der Waals surface area contributed by atoms with E-state index in [0.717, 1.165) is 19.3 Å². The van der Waals surface area contributed by atoms with Crippen LogP contribution >= 0.6 is 0 Å². The van der Waals surface area contributed by atoms with Crippen molar-refractivity contribution in [2.75, 3.05) is 6.54 Å². The lowest BCUT2D eigenvalue weighted by molar-refractivity contribution is 0.0883. The molecule has 2 atom stereocenters. The third-order valence-corrected chi connectivity index (χ3v) is 3.27. The quantitative estimate of drug-likeness (QED) is 0.728. The van der Waals surface area contributed by atoms with Crippen LogP contribution in [0.5, 0.6) is 0 Å². The fraction of sp³-hybridized carbons (Fsp3) is 0.700. The molecular weight excluding hydrogens is 192 g/mol. The van der Waals surface area contributed by atoms with Crippen LogP contribution in [0.4, 0.5) is 0 Å². The summed E-state index contributed by atoms with van der Waals surface area (Å²) in [6.07, 6.45) is 4.65. The standard InChI is InChI=1S/C10H16N4O/c1-14-9(6-12-13-14)10(15)8-4-2-3-7(8)5-11/h6-8H,2-5,11H2,1H3/t7-,8-/m1/s1. The lowest BCUT2D eigenvalue weighted by Gasteiger charge is -2.15. The number of nitrogens with zero attached hydrogens (tertiary/aromatic N) is 3. The summed E-state index contributed by atoms with van der Waals surface area (Å²) >= 11 is 0. The Morgan fingerprint density at radius 1 is 1.67 bits per heavy atom. The Balaban J connectivity index is 2.18. The number of ketones is 1. The van der Waals surface area contributed by atoms with Crippen molar-refractivity contribution in [3.63, 3.8) is 0 Å². The summed E-state index contributed by atoms with van der Waals surface area (Å²) in [5, 5.41) is 7.50. The molecule has 0 saturated heterocycles. The number of Topliss-reactive ketones (excluding diaryl/α,β-unsaturated/α-hetero) is 1. The molecule has 1 fully saturated rings. The average molecular weight is 208 g/mol. The fourth-order valence-corrected chi connectivity index (χ4v) is 2.37. The lowest BCUT2D eigenvalue weighted by Crippen LogP contribution is -2.26. The average Bonchev–Trinajstić information content (AvgIpc) is 2.84. The molecule has 0 radical (unpaired) electrons. The largest absolute Gasteiger partial charge is 0.330 e. The van der Waals surface area contributed by atoms with E-state index in [1.807, 2.05) is 0 Å². The van der Waals surface area contributed by atoms with Crippen molar-refractivity contribution in [2.45, 2.75) is 19.3 Å². The van der Waals surface area contributed by atoms with Crippen LogP contribution in [0.25, 0.3) is 0 Å².